The van der Waals surface area contributed by atoms with Gasteiger partial charge in [-0.15, -0.1) is 0 Å². The molecule has 0 saturated carbocycles. The van der Waals surface area contributed by atoms with Gasteiger partial charge in [-0.1, -0.05) is 6.07 Å². The van der Waals surface area contributed by atoms with Crippen LogP contribution in [0.1, 0.15) is 30.4 Å². The number of carbonyl (C=O) groups excluding carboxylic acids is 3. The van der Waals surface area contributed by atoms with Gasteiger partial charge in [0.05, 0.1) is 17.9 Å². The van der Waals surface area contributed by atoms with Gasteiger partial charge in [-0.05, 0) is 48.9 Å². The Morgan fingerprint density at radius 1 is 1.14 bits per heavy atom. The van der Waals surface area contributed by atoms with E-state index >= 15 is 0 Å². The minimum atomic E-state index is -3.73. The molecule has 1 aromatic carbocycles. The molecular weight excluding hydrogens is 398 g/mol. The van der Waals surface area contributed by atoms with Crippen molar-refractivity contribution in [3.05, 3.63) is 29.3 Å². The predicted molar refractivity (Wildman–Crippen MR) is 106 cm³/mol. The van der Waals surface area contributed by atoms with E-state index in [1.165, 1.54) is 19.7 Å². The van der Waals surface area contributed by atoms with E-state index in [0.29, 0.717) is 0 Å². The molecule has 0 atom stereocenters. The van der Waals surface area contributed by atoms with Gasteiger partial charge in [-0.25, -0.2) is 13.1 Å². The lowest BCUT2D eigenvalue weighted by molar-refractivity contribution is -0.151. The van der Waals surface area contributed by atoms with E-state index in [1.807, 2.05) is 6.07 Å². The first kappa shape index (κ1) is 22.8. The van der Waals surface area contributed by atoms with Crippen molar-refractivity contribution in [1.29, 1.82) is 0 Å². The smallest absolute Gasteiger partial charge is 0.307 e. The first-order valence-corrected chi connectivity index (χ1v) is 10.9. The molecule has 160 valence electrons. The highest BCUT2D eigenvalue weighted by Crippen LogP contribution is 2.23. The second-order valence-corrected chi connectivity index (χ2v) is 8.64. The summed E-state index contributed by atoms with van der Waals surface area (Å²) in [5, 5.41) is 2.38. The Balaban J connectivity index is 1.77. The van der Waals surface area contributed by atoms with Crippen molar-refractivity contribution in [2.24, 2.45) is 0 Å². The number of ether oxygens (including phenoxy) is 1. The van der Waals surface area contributed by atoms with Gasteiger partial charge in [0.2, 0.25) is 15.9 Å². The minimum Gasteiger partial charge on any atom is -0.456 e. The summed E-state index contributed by atoms with van der Waals surface area (Å²) < 4.78 is 32.1. The molecule has 1 aliphatic carbocycles. The Morgan fingerprint density at radius 2 is 1.83 bits per heavy atom. The van der Waals surface area contributed by atoms with Gasteiger partial charge in [0, 0.05) is 20.6 Å². The standard InChI is InChI=1S/C19H27N3O6S/c1-20-17(23)12-22(2)18(24)13-28-19(25)9-10-21-29(26,27)16-8-7-14-5-3-4-6-15(14)11-16/h7-8,11,21H,3-6,9-10,12-13H2,1-2H3,(H,20,23). The monoisotopic (exact) mass is 425 g/mol. The van der Waals surface area contributed by atoms with E-state index < -0.39 is 28.5 Å². The Labute approximate surface area is 170 Å². The SMILES string of the molecule is CNC(=O)CN(C)C(=O)COC(=O)CCNS(=O)(=O)c1ccc2c(c1)CCCC2. The number of carbonyl (C=O) groups is 3. The number of amides is 2. The third kappa shape index (κ3) is 6.82. The van der Waals surface area contributed by atoms with Crippen molar-refractivity contribution in [3.8, 4) is 0 Å². The normalized spacial score (nSPS) is 13.3. The number of aryl methyl sites for hydroxylation is 2. The number of fused-ring (bicyclic) bond motifs is 1. The molecule has 0 radical (unpaired) electrons. The fourth-order valence-electron chi connectivity index (χ4n) is 2.95. The van der Waals surface area contributed by atoms with Gasteiger partial charge < -0.3 is 15.0 Å². The molecule has 0 aromatic heterocycles. The maximum Gasteiger partial charge on any atom is 0.307 e. The van der Waals surface area contributed by atoms with Crippen LogP contribution in [-0.2, 0) is 42.0 Å². The zero-order valence-corrected chi connectivity index (χ0v) is 17.5. The lowest BCUT2D eigenvalue weighted by Gasteiger charge is -2.17. The van der Waals surface area contributed by atoms with Gasteiger partial charge in [0.1, 0.15) is 0 Å². The number of hydrogen-bond acceptors (Lipinski definition) is 6. The van der Waals surface area contributed by atoms with Crippen molar-refractivity contribution >= 4 is 27.8 Å². The number of benzene rings is 1. The van der Waals surface area contributed by atoms with Gasteiger partial charge in [0.25, 0.3) is 5.91 Å². The Bertz CT molecular complexity index is 869. The third-order valence-corrected chi connectivity index (χ3v) is 6.15. The number of likely N-dealkylation sites (N-methyl/N-ethyl adjacent to an activating group) is 2. The molecule has 2 N–H and O–H groups in total. The molecule has 0 bridgehead atoms. The number of nitrogens with one attached hydrogen (secondary N) is 2. The number of sulfonamides is 1. The highest BCUT2D eigenvalue weighted by molar-refractivity contribution is 7.89. The zero-order chi connectivity index (χ0) is 21.4. The van der Waals surface area contributed by atoms with E-state index in [0.717, 1.165) is 36.1 Å². The van der Waals surface area contributed by atoms with Crippen molar-refractivity contribution in [2.45, 2.75) is 37.0 Å². The van der Waals surface area contributed by atoms with Gasteiger partial charge >= 0.3 is 5.97 Å². The van der Waals surface area contributed by atoms with Crippen LogP contribution in [0.5, 0.6) is 0 Å². The van der Waals surface area contributed by atoms with E-state index in [9.17, 15) is 22.8 Å². The molecule has 0 aliphatic heterocycles. The maximum atomic E-state index is 12.4. The Kier molecular flexibility index (Phi) is 8.15. The van der Waals surface area contributed by atoms with Crippen LogP contribution in [-0.4, -0.2) is 64.9 Å². The van der Waals surface area contributed by atoms with E-state index in [1.54, 1.807) is 12.1 Å². The minimum absolute atomic E-state index is 0.138. The average Bonchev–Trinajstić information content (AvgIpc) is 2.71. The van der Waals surface area contributed by atoms with Crippen LogP contribution in [0.4, 0.5) is 0 Å². The topological polar surface area (TPSA) is 122 Å². The van der Waals surface area contributed by atoms with Crippen LogP contribution in [0.25, 0.3) is 0 Å². The van der Waals surface area contributed by atoms with Crippen LogP contribution in [0.3, 0.4) is 0 Å². The molecule has 0 heterocycles. The summed E-state index contributed by atoms with van der Waals surface area (Å²) in [5.74, 6) is -1.58. The van der Waals surface area contributed by atoms with E-state index in [-0.39, 0.29) is 30.3 Å². The van der Waals surface area contributed by atoms with Crippen LogP contribution in [0.15, 0.2) is 23.1 Å². The fraction of sp³-hybridized carbons (Fsp3) is 0.526. The Morgan fingerprint density at radius 3 is 2.52 bits per heavy atom. The zero-order valence-electron chi connectivity index (χ0n) is 16.7. The summed E-state index contributed by atoms with van der Waals surface area (Å²) in [6, 6.07) is 5.11. The first-order valence-electron chi connectivity index (χ1n) is 9.44. The summed E-state index contributed by atoms with van der Waals surface area (Å²) in [7, 11) is -0.863. The number of esters is 1. The van der Waals surface area contributed by atoms with E-state index in [2.05, 4.69) is 10.0 Å². The fourth-order valence-corrected chi connectivity index (χ4v) is 4.04. The van der Waals surface area contributed by atoms with Crippen molar-refractivity contribution in [3.63, 3.8) is 0 Å². The number of nitrogens with zero attached hydrogens (tertiary/aromatic N) is 1. The van der Waals surface area contributed by atoms with Crippen LogP contribution < -0.4 is 10.0 Å². The summed E-state index contributed by atoms with van der Waals surface area (Å²) in [6.07, 6.45) is 3.78. The number of hydrogen-bond donors (Lipinski definition) is 2. The molecule has 29 heavy (non-hydrogen) atoms. The summed E-state index contributed by atoms with van der Waals surface area (Å²) in [4.78, 5) is 36.1. The molecule has 0 spiro atoms. The van der Waals surface area contributed by atoms with Gasteiger partial charge in [-0.2, -0.15) is 0 Å². The predicted octanol–water partition coefficient (Wildman–Crippen LogP) is -0.0186. The summed E-state index contributed by atoms with van der Waals surface area (Å²) >= 11 is 0. The second-order valence-electron chi connectivity index (χ2n) is 6.87. The summed E-state index contributed by atoms with van der Waals surface area (Å²) in [5.41, 5.74) is 2.24. The molecule has 1 aromatic rings. The largest absolute Gasteiger partial charge is 0.456 e. The average molecular weight is 426 g/mol. The third-order valence-electron chi connectivity index (χ3n) is 4.69. The van der Waals surface area contributed by atoms with Gasteiger partial charge in [-0.3, -0.25) is 14.4 Å². The van der Waals surface area contributed by atoms with Crippen LogP contribution in [0.2, 0.25) is 0 Å². The molecular formula is C19H27N3O6S. The van der Waals surface area contributed by atoms with Crippen molar-refractivity contribution in [2.75, 3.05) is 33.8 Å². The number of rotatable bonds is 9. The lowest BCUT2D eigenvalue weighted by atomic mass is 9.92. The maximum absolute atomic E-state index is 12.4. The highest BCUT2D eigenvalue weighted by Gasteiger charge is 2.19. The van der Waals surface area contributed by atoms with Crippen molar-refractivity contribution in [1.82, 2.24) is 14.9 Å². The molecule has 0 saturated heterocycles. The quantitative estimate of drug-likeness (QED) is 0.537. The molecule has 0 unspecified atom stereocenters. The van der Waals surface area contributed by atoms with Crippen molar-refractivity contribution < 1.29 is 27.5 Å². The molecule has 9 nitrogen and oxygen atoms in total. The second kappa shape index (κ2) is 10.4. The van der Waals surface area contributed by atoms with Crippen LogP contribution in [0, 0.1) is 0 Å². The highest BCUT2D eigenvalue weighted by atomic mass is 32.2. The molecule has 10 heteroatoms. The molecule has 2 rings (SSSR count). The first-order chi connectivity index (χ1) is 13.7. The van der Waals surface area contributed by atoms with Crippen LogP contribution >= 0.6 is 0 Å². The van der Waals surface area contributed by atoms with E-state index in [4.69, 9.17) is 4.74 Å². The van der Waals surface area contributed by atoms with Gasteiger partial charge in [0.15, 0.2) is 6.61 Å². The molecule has 1 aliphatic rings. The molecule has 2 amide bonds. The lowest BCUT2D eigenvalue weighted by Crippen LogP contribution is -2.39. The molecule has 0 fully saturated rings. The Hall–Kier alpha value is -2.46. The summed E-state index contributed by atoms with van der Waals surface area (Å²) in [6.45, 7) is -0.794.